The second kappa shape index (κ2) is 6.59. The van der Waals surface area contributed by atoms with E-state index in [9.17, 15) is 4.79 Å². The highest BCUT2D eigenvalue weighted by Crippen LogP contribution is 2.22. The Hall–Kier alpha value is -1.29. The maximum Gasteiger partial charge on any atom is 0.337 e. The molecule has 1 heterocycles. The van der Waals surface area contributed by atoms with Crippen LogP contribution in [0.15, 0.2) is 12.3 Å². The average Bonchev–Trinajstić information content (AvgIpc) is 2.31. The lowest BCUT2D eigenvalue weighted by molar-refractivity contribution is 0.0696. The summed E-state index contributed by atoms with van der Waals surface area (Å²) in [6.07, 6.45) is 3.47. The Balaban J connectivity index is 2.70. The van der Waals surface area contributed by atoms with E-state index in [4.69, 9.17) is 16.7 Å². The van der Waals surface area contributed by atoms with Crippen LogP contribution < -0.4 is 5.32 Å². The zero-order chi connectivity index (χ0) is 13.7. The summed E-state index contributed by atoms with van der Waals surface area (Å²) in [7, 11) is 0. The number of aromatic carboxylic acids is 1. The van der Waals surface area contributed by atoms with Gasteiger partial charge in [-0.15, -0.1) is 0 Å². The van der Waals surface area contributed by atoms with Gasteiger partial charge in [0.05, 0.1) is 10.6 Å². The Labute approximate surface area is 112 Å². The lowest BCUT2D eigenvalue weighted by atomic mass is 10.0. The predicted octanol–water partition coefficient (Wildman–Crippen LogP) is 3.67. The number of pyridine rings is 1. The van der Waals surface area contributed by atoms with Crippen LogP contribution in [-0.2, 0) is 0 Å². The van der Waals surface area contributed by atoms with Crippen molar-refractivity contribution in [2.75, 3.05) is 5.32 Å². The highest BCUT2D eigenvalue weighted by Gasteiger charge is 2.12. The molecule has 0 aromatic carbocycles. The molecule has 0 saturated carbocycles. The van der Waals surface area contributed by atoms with Crippen molar-refractivity contribution in [2.45, 2.75) is 39.7 Å². The molecule has 0 fully saturated rings. The molecule has 1 aromatic heterocycles. The third kappa shape index (κ3) is 4.18. The summed E-state index contributed by atoms with van der Waals surface area (Å²) in [6, 6.07) is 1.66. The molecule has 2 N–H and O–H groups in total. The molecule has 4 nitrogen and oxygen atoms in total. The first-order valence-electron chi connectivity index (χ1n) is 6.09. The predicted molar refractivity (Wildman–Crippen MR) is 73.4 cm³/mol. The van der Waals surface area contributed by atoms with Crippen LogP contribution in [0.1, 0.15) is 44.0 Å². The van der Waals surface area contributed by atoms with E-state index in [0.29, 0.717) is 16.8 Å². The summed E-state index contributed by atoms with van der Waals surface area (Å²) in [5.74, 6) is 0.144. The van der Waals surface area contributed by atoms with E-state index in [1.54, 1.807) is 0 Å². The number of hydrogen-bond donors (Lipinski definition) is 2. The highest BCUT2D eigenvalue weighted by molar-refractivity contribution is 6.33. The molecule has 1 rings (SSSR count). The highest BCUT2D eigenvalue weighted by atomic mass is 35.5. The van der Waals surface area contributed by atoms with E-state index < -0.39 is 5.97 Å². The smallest absolute Gasteiger partial charge is 0.337 e. The molecule has 0 aliphatic heterocycles. The minimum Gasteiger partial charge on any atom is -0.478 e. The molecule has 100 valence electrons. The monoisotopic (exact) mass is 270 g/mol. The minimum absolute atomic E-state index is 0.0973. The fraction of sp³-hybridized carbons (Fsp3) is 0.538. The molecule has 0 aliphatic rings. The van der Waals surface area contributed by atoms with Crippen molar-refractivity contribution in [1.29, 1.82) is 0 Å². The van der Waals surface area contributed by atoms with Crippen LogP contribution in [0.3, 0.4) is 0 Å². The minimum atomic E-state index is -1.02. The quantitative estimate of drug-likeness (QED) is 0.828. The largest absolute Gasteiger partial charge is 0.478 e. The van der Waals surface area contributed by atoms with Crippen LogP contribution in [0.25, 0.3) is 0 Å². The number of rotatable bonds is 6. The standard InChI is InChI=1S/C13H19ClN2O2/c1-4-8(2)5-9(3)16-12-11(14)6-10(7-15-12)13(17)18/h6-9H,4-5H2,1-3H3,(H,15,16)(H,17,18). The number of carboxylic acids is 1. The number of nitrogens with one attached hydrogen (secondary N) is 1. The number of halogens is 1. The van der Waals surface area contributed by atoms with Gasteiger partial charge in [-0.1, -0.05) is 31.9 Å². The molecule has 0 aliphatic carbocycles. The number of carboxylic acid groups (broad SMARTS) is 1. The van der Waals surface area contributed by atoms with Crippen LogP contribution >= 0.6 is 11.6 Å². The Bertz CT molecular complexity index is 423. The summed E-state index contributed by atoms with van der Waals surface area (Å²) in [6.45, 7) is 6.42. The lowest BCUT2D eigenvalue weighted by Gasteiger charge is -2.18. The van der Waals surface area contributed by atoms with Gasteiger partial charge in [0, 0.05) is 12.2 Å². The van der Waals surface area contributed by atoms with Crippen LogP contribution in [0.4, 0.5) is 5.82 Å². The second-order valence-electron chi connectivity index (χ2n) is 4.65. The molecule has 2 unspecified atom stereocenters. The maximum absolute atomic E-state index is 10.8. The van der Waals surface area contributed by atoms with Crippen molar-refractivity contribution in [1.82, 2.24) is 4.98 Å². The van der Waals surface area contributed by atoms with E-state index in [1.165, 1.54) is 12.3 Å². The molecular formula is C13H19ClN2O2. The topological polar surface area (TPSA) is 62.2 Å². The van der Waals surface area contributed by atoms with Gasteiger partial charge in [0.1, 0.15) is 5.82 Å². The third-order valence-corrected chi connectivity index (χ3v) is 3.21. The molecule has 0 bridgehead atoms. The van der Waals surface area contributed by atoms with E-state index in [2.05, 4.69) is 31.1 Å². The van der Waals surface area contributed by atoms with E-state index in [0.717, 1.165) is 12.8 Å². The molecule has 18 heavy (non-hydrogen) atoms. The zero-order valence-corrected chi connectivity index (χ0v) is 11.7. The van der Waals surface area contributed by atoms with Gasteiger partial charge in [0.25, 0.3) is 0 Å². The normalized spacial score (nSPS) is 14.0. The van der Waals surface area contributed by atoms with Gasteiger partial charge < -0.3 is 10.4 Å². The van der Waals surface area contributed by atoms with Crippen molar-refractivity contribution in [2.24, 2.45) is 5.92 Å². The van der Waals surface area contributed by atoms with Gasteiger partial charge in [-0.05, 0) is 25.3 Å². The van der Waals surface area contributed by atoms with Crippen LogP contribution in [0.2, 0.25) is 5.02 Å². The van der Waals surface area contributed by atoms with Gasteiger partial charge >= 0.3 is 5.97 Å². The van der Waals surface area contributed by atoms with Crippen molar-refractivity contribution in [3.05, 3.63) is 22.8 Å². The molecule has 0 spiro atoms. The molecular weight excluding hydrogens is 252 g/mol. The Morgan fingerprint density at radius 2 is 2.22 bits per heavy atom. The van der Waals surface area contributed by atoms with Gasteiger partial charge in [-0.3, -0.25) is 0 Å². The molecule has 1 aromatic rings. The maximum atomic E-state index is 10.8. The number of aromatic nitrogens is 1. The molecule has 0 amide bonds. The zero-order valence-electron chi connectivity index (χ0n) is 10.9. The number of nitrogens with zero attached hydrogens (tertiary/aromatic N) is 1. The molecule has 0 radical (unpaired) electrons. The first-order chi connectivity index (χ1) is 8.43. The van der Waals surface area contributed by atoms with Crippen molar-refractivity contribution < 1.29 is 9.90 Å². The summed E-state index contributed by atoms with van der Waals surface area (Å²) >= 11 is 6.00. The number of hydrogen-bond acceptors (Lipinski definition) is 3. The van der Waals surface area contributed by atoms with Crippen LogP contribution in [0.5, 0.6) is 0 Å². The Morgan fingerprint density at radius 3 is 2.72 bits per heavy atom. The van der Waals surface area contributed by atoms with Gasteiger partial charge in [-0.25, -0.2) is 9.78 Å². The van der Waals surface area contributed by atoms with Gasteiger partial charge in [0.2, 0.25) is 0 Å². The van der Waals surface area contributed by atoms with E-state index in [-0.39, 0.29) is 11.6 Å². The van der Waals surface area contributed by atoms with Crippen molar-refractivity contribution in [3.63, 3.8) is 0 Å². The third-order valence-electron chi connectivity index (χ3n) is 2.92. The fourth-order valence-corrected chi connectivity index (χ4v) is 1.94. The Kier molecular flexibility index (Phi) is 5.41. The summed E-state index contributed by atoms with van der Waals surface area (Å²) in [5.41, 5.74) is 0.0973. The summed E-state index contributed by atoms with van der Waals surface area (Å²) in [5, 5.41) is 12.4. The van der Waals surface area contributed by atoms with Crippen molar-refractivity contribution in [3.8, 4) is 0 Å². The molecule has 2 atom stereocenters. The summed E-state index contributed by atoms with van der Waals surface area (Å²) < 4.78 is 0. The van der Waals surface area contributed by atoms with Gasteiger partial charge in [-0.2, -0.15) is 0 Å². The van der Waals surface area contributed by atoms with E-state index in [1.807, 2.05) is 0 Å². The number of anilines is 1. The van der Waals surface area contributed by atoms with Crippen molar-refractivity contribution >= 4 is 23.4 Å². The summed E-state index contributed by atoms with van der Waals surface area (Å²) in [4.78, 5) is 14.8. The lowest BCUT2D eigenvalue weighted by Crippen LogP contribution is -2.19. The Morgan fingerprint density at radius 1 is 1.56 bits per heavy atom. The fourth-order valence-electron chi connectivity index (χ4n) is 1.72. The van der Waals surface area contributed by atoms with Crippen LogP contribution in [-0.4, -0.2) is 22.1 Å². The van der Waals surface area contributed by atoms with E-state index >= 15 is 0 Å². The van der Waals surface area contributed by atoms with Gasteiger partial charge in [0.15, 0.2) is 0 Å². The molecule has 5 heteroatoms. The second-order valence-corrected chi connectivity index (χ2v) is 5.06. The number of carbonyl (C=O) groups is 1. The van der Waals surface area contributed by atoms with Crippen LogP contribution in [0, 0.1) is 5.92 Å². The first kappa shape index (κ1) is 14.8. The average molecular weight is 271 g/mol. The molecule has 0 saturated heterocycles. The first-order valence-corrected chi connectivity index (χ1v) is 6.47. The SMILES string of the molecule is CCC(C)CC(C)Nc1ncc(C(=O)O)cc1Cl.